The number of nitrogens with zero attached hydrogens (tertiary/aromatic N) is 1. The second-order valence-corrected chi connectivity index (χ2v) is 5.90. The molecule has 0 bridgehead atoms. The average molecular weight is 314 g/mol. The fourth-order valence-electron chi connectivity index (χ4n) is 2.06. The summed E-state index contributed by atoms with van der Waals surface area (Å²) >= 11 is 3.31. The van der Waals surface area contributed by atoms with E-state index in [-0.39, 0.29) is 17.2 Å². The number of halogens is 1. The fraction of sp³-hybridized carbons (Fsp3) is 0.462. The molecule has 1 aromatic carbocycles. The number of benzene rings is 1. The number of carbonyl (C=O) groups is 1. The van der Waals surface area contributed by atoms with Gasteiger partial charge in [-0.1, -0.05) is 15.9 Å². The van der Waals surface area contributed by atoms with Crippen LogP contribution >= 0.6 is 15.9 Å². The first kappa shape index (κ1) is 13.4. The van der Waals surface area contributed by atoms with Crippen LogP contribution in [0.1, 0.15) is 24.2 Å². The number of carbonyl (C=O) groups excluding carboxylic acids is 1. The predicted molar refractivity (Wildman–Crippen MR) is 71.7 cm³/mol. The summed E-state index contributed by atoms with van der Waals surface area (Å²) in [6.45, 7) is 5.49. The van der Waals surface area contributed by atoms with Gasteiger partial charge in [-0.15, -0.1) is 0 Å². The zero-order chi connectivity index (χ0) is 13.3. The number of phenols is 1. The van der Waals surface area contributed by atoms with Gasteiger partial charge in [-0.05, 0) is 32.0 Å². The van der Waals surface area contributed by atoms with Gasteiger partial charge in [-0.25, -0.2) is 0 Å². The van der Waals surface area contributed by atoms with E-state index in [1.807, 2.05) is 13.8 Å². The first-order valence-corrected chi connectivity index (χ1v) is 6.59. The molecular formula is C13H16BrNO3. The summed E-state index contributed by atoms with van der Waals surface area (Å²) in [6, 6.07) is 4.87. The Morgan fingerprint density at radius 3 is 2.89 bits per heavy atom. The van der Waals surface area contributed by atoms with Crippen molar-refractivity contribution in [3.63, 3.8) is 0 Å². The van der Waals surface area contributed by atoms with Crippen molar-refractivity contribution in [2.45, 2.75) is 19.4 Å². The standard InChI is InChI=1S/C13H16BrNO3/c1-13(2)8-18-6-5-15(13)12(17)10-7-9(14)3-4-11(10)16/h3-4,7,16H,5-6,8H2,1-2H3. The second-order valence-electron chi connectivity index (χ2n) is 4.98. The van der Waals surface area contributed by atoms with Gasteiger partial charge >= 0.3 is 0 Å². The van der Waals surface area contributed by atoms with Crippen LogP contribution in [0.3, 0.4) is 0 Å². The molecule has 1 amide bonds. The monoisotopic (exact) mass is 313 g/mol. The summed E-state index contributed by atoms with van der Waals surface area (Å²) in [4.78, 5) is 14.2. The number of phenolic OH excluding ortho intramolecular Hbond substituents is 1. The van der Waals surface area contributed by atoms with Crippen LogP contribution < -0.4 is 0 Å². The van der Waals surface area contributed by atoms with Crippen molar-refractivity contribution in [1.29, 1.82) is 0 Å². The Bertz CT molecular complexity index is 473. The number of amides is 1. The molecule has 5 heteroatoms. The summed E-state index contributed by atoms with van der Waals surface area (Å²) in [5.74, 6) is -0.160. The van der Waals surface area contributed by atoms with Crippen LogP contribution in [0.2, 0.25) is 0 Å². The first-order valence-electron chi connectivity index (χ1n) is 5.80. The molecule has 1 fully saturated rings. The number of morpholine rings is 1. The maximum Gasteiger partial charge on any atom is 0.258 e. The molecule has 0 radical (unpaired) electrons. The van der Waals surface area contributed by atoms with Crippen LogP contribution in [0.15, 0.2) is 22.7 Å². The number of hydrogen-bond donors (Lipinski definition) is 1. The van der Waals surface area contributed by atoms with Crippen molar-refractivity contribution < 1.29 is 14.6 Å². The highest BCUT2D eigenvalue weighted by Crippen LogP contribution is 2.27. The van der Waals surface area contributed by atoms with Crippen LogP contribution in [0.4, 0.5) is 0 Å². The Morgan fingerprint density at radius 2 is 2.22 bits per heavy atom. The highest BCUT2D eigenvalue weighted by atomic mass is 79.9. The lowest BCUT2D eigenvalue weighted by molar-refractivity contribution is -0.0371. The van der Waals surface area contributed by atoms with Crippen molar-refractivity contribution in [2.24, 2.45) is 0 Å². The quantitative estimate of drug-likeness (QED) is 0.866. The van der Waals surface area contributed by atoms with Gasteiger partial charge in [0, 0.05) is 11.0 Å². The van der Waals surface area contributed by atoms with Crippen molar-refractivity contribution in [3.05, 3.63) is 28.2 Å². The maximum absolute atomic E-state index is 12.5. The number of hydrogen-bond acceptors (Lipinski definition) is 3. The third kappa shape index (κ3) is 2.52. The molecule has 0 aliphatic carbocycles. The van der Waals surface area contributed by atoms with Crippen LogP contribution in [-0.2, 0) is 4.74 Å². The molecule has 1 N–H and O–H groups in total. The second kappa shape index (κ2) is 4.90. The molecule has 98 valence electrons. The normalized spacial score (nSPS) is 18.7. The third-order valence-corrected chi connectivity index (χ3v) is 3.57. The van der Waals surface area contributed by atoms with Gasteiger partial charge in [0.05, 0.1) is 24.3 Å². The SMILES string of the molecule is CC1(C)COCCN1C(=O)c1cc(Br)ccc1O. The smallest absolute Gasteiger partial charge is 0.258 e. The van der Waals surface area contributed by atoms with Crippen LogP contribution in [0, 0.1) is 0 Å². The molecular weight excluding hydrogens is 298 g/mol. The highest BCUT2D eigenvalue weighted by molar-refractivity contribution is 9.10. The summed E-state index contributed by atoms with van der Waals surface area (Å²) in [6.07, 6.45) is 0. The van der Waals surface area contributed by atoms with E-state index in [0.717, 1.165) is 4.47 Å². The largest absolute Gasteiger partial charge is 0.507 e. The van der Waals surface area contributed by atoms with Gasteiger partial charge in [0.25, 0.3) is 5.91 Å². The Labute approximate surface area is 115 Å². The van der Waals surface area contributed by atoms with Crippen LogP contribution in [-0.4, -0.2) is 41.2 Å². The molecule has 1 aliphatic rings. The topological polar surface area (TPSA) is 49.8 Å². The number of ether oxygens (including phenoxy) is 1. The predicted octanol–water partition coefficient (Wildman–Crippen LogP) is 2.41. The molecule has 2 rings (SSSR count). The lowest BCUT2D eigenvalue weighted by Gasteiger charge is -2.42. The van der Waals surface area contributed by atoms with Crippen molar-refractivity contribution in [3.8, 4) is 5.75 Å². The minimum Gasteiger partial charge on any atom is -0.507 e. The zero-order valence-corrected chi connectivity index (χ0v) is 12.0. The molecule has 0 unspecified atom stereocenters. The molecule has 1 aromatic rings. The Hall–Kier alpha value is -1.07. The Kier molecular flexibility index (Phi) is 3.64. The van der Waals surface area contributed by atoms with Gasteiger partial charge in [0.1, 0.15) is 5.75 Å². The third-order valence-electron chi connectivity index (χ3n) is 3.08. The van der Waals surface area contributed by atoms with Gasteiger partial charge in [-0.2, -0.15) is 0 Å². The molecule has 1 aliphatic heterocycles. The molecule has 0 atom stereocenters. The van der Waals surface area contributed by atoms with Gasteiger partial charge in [0.15, 0.2) is 0 Å². The van der Waals surface area contributed by atoms with Crippen molar-refractivity contribution in [2.75, 3.05) is 19.8 Å². The minimum atomic E-state index is -0.357. The van der Waals surface area contributed by atoms with Crippen molar-refractivity contribution in [1.82, 2.24) is 4.90 Å². The van der Waals surface area contributed by atoms with E-state index < -0.39 is 0 Å². The lowest BCUT2D eigenvalue weighted by atomic mass is 10.0. The maximum atomic E-state index is 12.5. The Balaban J connectivity index is 2.33. The van der Waals surface area contributed by atoms with E-state index in [1.165, 1.54) is 6.07 Å². The molecule has 0 saturated carbocycles. The van der Waals surface area contributed by atoms with Gasteiger partial charge in [0.2, 0.25) is 0 Å². The molecule has 18 heavy (non-hydrogen) atoms. The van der Waals surface area contributed by atoms with Gasteiger partial charge in [-0.3, -0.25) is 4.79 Å². The first-order chi connectivity index (χ1) is 8.42. The molecule has 4 nitrogen and oxygen atoms in total. The zero-order valence-electron chi connectivity index (χ0n) is 10.4. The molecule has 0 spiro atoms. The summed E-state index contributed by atoms with van der Waals surface area (Å²) in [5, 5.41) is 9.81. The molecule has 0 aromatic heterocycles. The minimum absolute atomic E-state index is 0.00509. The summed E-state index contributed by atoms with van der Waals surface area (Å²) in [7, 11) is 0. The molecule has 1 heterocycles. The molecule has 1 saturated heterocycles. The number of aromatic hydroxyl groups is 1. The van der Waals surface area contributed by atoms with Crippen molar-refractivity contribution >= 4 is 21.8 Å². The lowest BCUT2D eigenvalue weighted by Crippen LogP contribution is -2.55. The summed E-state index contributed by atoms with van der Waals surface area (Å²) in [5.41, 5.74) is -0.0382. The van der Waals surface area contributed by atoms with E-state index >= 15 is 0 Å². The van der Waals surface area contributed by atoms with Crippen LogP contribution in [0.5, 0.6) is 5.75 Å². The van der Waals surface area contributed by atoms with Gasteiger partial charge < -0.3 is 14.7 Å². The highest BCUT2D eigenvalue weighted by Gasteiger charge is 2.35. The van der Waals surface area contributed by atoms with E-state index in [2.05, 4.69) is 15.9 Å². The average Bonchev–Trinajstić information content (AvgIpc) is 2.31. The van der Waals surface area contributed by atoms with E-state index in [1.54, 1.807) is 17.0 Å². The van der Waals surface area contributed by atoms with E-state index in [0.29, 0.717) is 25.3 Å². The van der Waals surface area contributed by atoms with Crippen LogP contribution in [0.25, 0.3) is 0 Å². The Morgan fingerprint density at radius 1 is 1.50 bits per heavy atom. The van der Waals surface area contributed by atoms with E-state index in [9.17, 15) is 9.90 Å². The number of rotatable bonds is 1. The fourth-order valence-corrected chi connectivity index (χ4v) is 2.42. The van der Waals surface area contributed by atoms with E-state index in [4.69, 9.17) is 4.74 Å². The summed E-state index contributed by atoms with van der Waals surface area (Å²) < 4.78 is 6.16.